The van der Waals surface area contributed by atoms with Crippen LogP contribution in [0.1, 0.15) is 31.2 Å². The second-order valence-corrected chi connectivity index (χ2v) is 7.31. The van der Waals surface area contributed by atoms with E-state index in [2.05, 4.69) is 46.6 Å². The largest absolute Gasteiger partial charge is 0.496 e. The number of benzene rings is 2. The van der Waals surface area contributed by atoms with Crippen LogP contribution in [-0.4, -0.2) is 37.0 Å². The quantitative estimate of drug-likeness (QED) is 0.909. The summed E-state index contributed by atoms with van der Waals surface area (Å²) in [6.07, 6.45) is 4.25. The van der Waals surface area contributed by atoms with Gasteiger partial charge in [0.1, 0.15) is 5.75 Å². The summed E-state index contributed by atoms with van der Waals surface area (Å²) in [5.41, 5.74) is 1.34. The Hall–Kier alpha value is -2.07. The highest BCUT2D eigenvalue weighted by atomic mass is 16.5. The average Bonchev–Trinajstić information content (AvgIpc) is 3.49. The van der Waals surface area contributed by atoms with Gasteiger partial charge in [0.2, 0.25) is 5.91 Å². The first-order chi connectivity index (χ1) is 12.2. The van der Waals surface area contributed by atoms with Crippen LogP contribution in [-0.2, 0) is 11.3 Å². The molecule has 132 valence electrons. The number of amides is 1. The molecule has 1 saturated carbocycles. The fourth-order valence-corrected chi connectivity index (χ4v) is 3.79. The number of rotatable bonds is 5. The number of hydrogen-bond acceptors (Lipinski definition) is 3. The molecule has 1 aliphatic heterocycles. The molecule has 1 amide bonds. The van der Waals surface area contributed by atoms with E-state index >= 15 is 0 Å². The molecule has 0 unspecified atom stereocenters. The molecule has 0 aromatic heterocycles. The van der Waals surface area contributed by atoms with E-state index in [1.807, 2.05) is 0 Å². The van der Waals surface area contributed by atoms with Crippen molar-refractivity contribution in [3.8, 4) is 5.75 Å². The minimum Gasteiger partial charge on any atom is -0.496 e. The molecule has 2 fully saturated rings. The summed E-state index contributed by atoms with van der Waals surface area (Å²) in [6.45, 7) is 3.03. The van der Waals surface area contributed by atoms with E-state index in [0.29, 0.717) is 12.0 Å². The second kappa shape index (κ2) is 7.04. The van der Waals surface area contributed by atoms with Gasteiger partial charge in [0.15, 0.2) is 0 Å². The fourth-order valence-electron chi connectivity index (χ4n) is 3.79. The molecule has 2 aliphatic rings. The number of piperidine rings is 1. The van der Waals surface area contributed by atoms with Gasteiger partial charge in [0, 0.05) is 37.0 Å². The predicted octanol–water partition coefficient (Wildman–Crippen LogP) is 3.34. The highest BCUT2D eigenvalue weighted by Gasteiger charge is 2.31. The Balaban J connectivity index is 1.40. The number of nitrogens with zero attached hydrogens (tertiary/aromatic N) is 1. The third kappa shape index (κ3) is 3.64. The maximum absolute atomic E-state index is 11.9. The molecule has 0 bridgehead atoms. The highest BCUT2D eigenvalue weighted by molar-refractivity contribution is 5.91. The Morgan fingerprint density at radius 3 is 2.48 bits per heavy atom. The monoisotopic (exact) mass is 338 g/mol. The molecule has 4 heteroatoms. The molecule has 0 spiro atoms. The van der Waals surface area contributed by atoms with Crippen molar-refractivity contribution in [2.75, 3.05) is 20.2 Å². The Labute approximate surface area is 149 Å². The van der Waals surface area contributed by atoms with Gasteiger partial charge in [-0.25, -0.2) is 0 Å². The van der Waals surface area contributed by atoms with Crippen molar-refractivity contribution in [3.05, 3.63) is 42.0 Å². The fraction of sp³-hybridized carbons (Fsp3) is 0.476. The smallest absolute Gasteiger partial charge is 0.223 e. The van der Waals surface area contributed by atoms with E-state index in [9.17, 15) is 4.79 Å². The molecule has 1 saturated heterocycles. The zero-order chi connectivity index (χ0) is 17.2. The van der Waals surface area contributed by atoms with Gasteiger partial charge in [0.05, 0.1) is 7.11 Å². The Bertz CT molecular complexity index is 762. The van der Waals surface area contributed by atoms with Gasteiger partial charge in [-0.1, -0.05) is 30.3 Å². The molecule has 4 rings (SSSR count). The highest BCUT2D eigenvalue weighted by Crippen LogP contribution is 2.30. The number of carbonyl (C=O) groups is 1. The van der Waals surface area contributed by atoms with Gasteiger partial charge in [-0.3, -0.25) is 9.69 Å². The molecule has 1 N–H and O–H groups in total. The summed E-state index contributed by atoms with van der Waals surface area (Å²) in [5.74, 6) is 1.52. The van der Waals surface area contributed by atoms with Crippen LogP contribution >= 0.6 is 0 Å². The van der Waals surface area contributed by atoms with Gasteiger partial charge in [-0.2, -0.15) is 0 Å². The maximum atomic E-state index is 11.9. The summed E-state index contributed by atoms with van der Waals surface area (Å²) >= 11 is 0. The Morgan fingerprint density at radius 1 is 1.08 bits per heavy atom. The standard InChI is InChI=1S/C21H26N2O2/c1-25-20-9-8-16(18-4-2-3-5-19(18)20)14-23-12-10-17(11-13-23)22-21(24)15-6-7-15/h2-5,8-9,15,17H,6-7,10-14H2,1H3,(H,22,24). The summed E-state index contributed by atoms with van der Waals surface area (Å²) in [7, 11) is 1.72. The van der Waals surface area contributed by atoms with Crippen LogP contribution in [0.5, 0.6) is 5.75 Å². The molecule has 2 aromatic carbocycles. The third-order valence-electron chi connectivity index (χ3n) is 5.47. The number of carbonyl (C=O) groups excluding carboxylic acids is 1. The second-order valence-electron chi connectivity index (χ2n) is 7.31. The summed E-state index contributed by atoms with van der Waals surface area (Å²) in [5, 5.41) is 5.67. The lowest BCUT2D eigenvalue weighted by Gasteiger charge is -2.32. The van der Waals surface area contributed by atoms with Crippen LogP contribution in [0.2, 0.25) is 0 Å². The molecule has 0 atom stereocenters. The van der Waals surface area contributed by atoms with Crippen molar-refractivity contribution >= 4 is 16.7 Å². The molecule has 0 radical (unpaired) electrons. The zero-order valence-electron chi connectivity index (χ0n) is 14.8. The van der Waals surface area contributed by atoms with Crippen LogP contribution in [0.25, 0.3) is 10.8 Å². The average molecular weight is 338 g/mol. The molecule has 2 aromatic rings. The Kier molecular flexibility index (Phi) is 4.62. The van der Waals surface area contributed by atoms with Gasteiger partial charge in [0.25, 0.3) is 0 Å². The third-order valence-corrected chi connectivity index (χ3v) is 5.47. The number of hydrogen-bond donors (Lipinski definition) is 1. The number of nitrogens with one attached hydrogen (secondary N) is 1. The Morgan fingerprint density at radius 2 is 1.80 bits per heavy atom. The molecule has 25 heavy (non-hydrogen) atoms. The van der Waals surface area contributed by atoms with E-state index in [0.717, 1.165) is 51.1 Å². The van der Waals surface area contributed by atoms with Crippen LogP contribution in [0, 0.1) is 5.92 Å². The van der Waals surface area contributed by atoms with E-state index in [-0.39, 0.29) is 5.91 Å². The number of ether oxygens (including phenoxy) is 1. The topological polar surface area (TPSA) is 41.6 Å². The van der Waals surface area contributed by atoms with Crippen molar-refractivity contribution in [2.45, 2.75) is 38.3 Å². The van der Waals surface area contributed by atoms with E-state index < -0.39 is 0 Å². The number of fused-ring (bicyclic) bond motifs is 1. The lowest BCUT2D eigenvalue weighted by molar-refractivity contribution is -0.123. The molecule has 1 heterocycles. The molecular formula is C21H26N2O2. The van der Waals surface area contributed by atoms with Crippen LogP contribution in [0.15, 0.2) is 36.4 Å². The first-order valence-corrected chi connectivity index (χ1v) is 9.32. The summed E-state index contributed by atoms with van der Waals surface area (Å²) in [4.78, 5) is 14.4. The number of methoxy groups -OCH3 is 1. The van der Waals surface area contributed by atoms with E-state index in [4.69, 9.17) is 4.74 Å². The van der Waals surface area contributed by atoms with Gasteiger partial charge >= 0.3 is 0 Å². The van der Waals surface area contributed by atoms with Crippen LogP contribution in [0.4, 0.5) is 0 Å². The normalized spacial score (nSPS) is 19.1. The first-order valence-electron chi connectivity index (χ1n) is 9.32. The van der Waals surface area contributed by atoms with Crippen molar-refractivity contribution in [3.63, 3.8) is 0 Å². The summed E-state index contributed by atoms with van der Waals surface area (Å²) < 4.78 is 5.49. The van der Waals surface area contributed by atoms with E-state index in [1.54, 1.807) is 7.11 Å². The SMILES string of the molecule is COc1ccc(CN2CCC(NC(=O)C3CC3)CC2)c2ccccc12. The van der Waals surface area contributed by atoms with Gasteiger partial charge < -0.3 is 10.1 Å². The first kappa shape index (κ1) is 16.4. The zero-order valence-corrected chi connectivity index (χ0v) is 14.8. The van der Waals surface area contributed by atoms with Gasteiger partial charge in [-0.05, 0) is 42.7 Å². The van der Waals surface area contributed by atoms with Crippen molar-refractivity contribution in [1.29, 1.82) is 0 Å². The lowest BCUT2D eigenvalue weighted by Crippen LogP contribution is -2.44. The summed E-state index contributed by atoms with van der Waals surface area (Å²) in [6, 6.07) is 13.1. The van der Waals surface area contributed by atoms with Crippen LogP contribution < -0.4 is 10.1 Å². The van der Waals surface area contributed by atoms with Crippen molar-refractivity contribution in [2.24, 2.45) is 5.92 Å². The molecule has 1 aliphatic carbocycles. The lowest BCUT2D eigenvalue weighted by atomic mass is 10.0. The van der Waals surface area contributed by atoms with Crippen molar-refractivity contribution in [1.82, 2.24) is 10.2 Å². The molecule has 4 nitrogen and oxygen atoms in total. The minimum atomic E-state index is 0.277. The predicted molar refractivity (Wildman–Crippen MR) is 99.7 cm³/mol. The molecular weight excluding hydrogens is 312 g/mol. The maximum Gasteiger partial charge on any atom is 0.223 e. The van der Waals surface area contributed by atoms with E-state index in [1.165, 1.54) is 16.3 Å². The number of likely N-dealkylation sites (tertiary alicyclic amines) is 1. The van der Waals surface area contributed by atoms with Gasteiger partial charge in [-0.15, -0.1) is 0 Å². The van der Waals surface area contributed by atoms with Crippen LogP contribution in [0.3, 0.4) is 0 Å². The van der Waals surface area contributed by atoms with Crippen molar-refractivity contribution < 1.29 is 9.53 Å². The minimum absolute atomic E-state index is 0.277.